The molecule has 0 heterocycles. The minimum Gasteiger partial charge on any atom is -0.466 e. The van der Waals surface area contributed by atoms with Crippen molar-refractivity contribution in [3.63, 3.8) is 0 Å². The smallest absolute Gasteiger partial charge is 0.312 e. The summed E-state index contributed by atoms with van der Waals surface area (Å²) in [6, 6.07) is 0. The number of carbonyl (C=O) groups excluding carboxylic acids is 2. The molecule has 88 valence electrons. The first-order valence-electron chi connectivity index (χ1n) is 5.67. The van der Waals surface area contributed by atoms with Gasteiger partial charge in [-0.1, -0.05) is 5.92 Å². The van der Waals surface area contributed by atoms with Gasteiger partial charge < -0.3 is 4.74 Å². The van der Waals surface area contributed by atoms with Crippen LogP contribution in [0.2, 0.25) is 0 Å². The first-order chi connectivity index (χ1) is 7.47. The van der Waals surface area contributed by atoms with Crippen LogP contribution in [0.15, 0.2) is 0 Å². The van der Waals surface area contributed by atoms with Crippen molar-refractivity contribution in [1.29, 1.82) is 0 Å². The van der Waals surface area contributed by atoms with Gasteiger partial charge in [0.1, 0.15) is 0 Å². The molecule has 0 N–H and O–H groups in total. The number of esters is 1. The van der Waals surface area contributed by atoms with E-state index in [2.05, 4.69) is 11.8 Å². The summed E-state index contributed by atoms with van der Waals surface area (Å²) >= 11 is 0. The zero-order valence-corrected chi connectivity index (χ0v) is 10.1. The van der Waals surface area contributed by atoms with Gasteiger partial charge in [-0.2, -0.15) is 0 Å². The molecule has 0 radical (unpaired) electrons. The maximum absolute atomic E-state index is 11.5. The van der Waals surface area contributed by atoms with Gasteiger partial charge in [0.2, 0.25) is 5.78 Å². The number of ether oxygens (including phenoxy) is 1. The SMILES string of the molecule is CCOC(=O)C(C)(C)CC#CC(=O)C1CC1. The Balaban J connectivity index is 2.45. The molecule has 3 nitrogen and oxygen atoms in total. The molecule has 3 heteroatoms. The highest BCUT2D eigenvalue weighted by molar-refractivity contribution is 5.98. The van der Waals surface area contributed by atoms with Gasteiger partial charge in [0.25, 0.3) is 0 Å². The lowest BCUT2D eigenvalue weighted by Gasteiger charge is -2.18. The Morgan fingerprint density at radius 2 is 2.00 bits per heavy atom. The molecule has 1 aliphatic rings. The summed E-state index contributed by atoms with van der Waals surface area (Å²) in [7, 11) is 0. The van der Waals surface area contributed by atoms with Crippen LogP contribution in [0, 0.1) is 23.2 Å². The van der Waals surface area contributed by atoms with Gasteiger partial charge in [0.15, 0.2) is 0 Å². The highest BCUT2D eigenvalue weighted by Gasteiger charge is 2.30. The Morgan fingerprint density at radius 1 is 1.38 bits per heavy atom. The van der Waals surface area contributed by atoms with Crippen molar-refractivity contribution in [2.45, 2.75) is 40.0 Å². The standard InChI is InChI=1S/C13H18O3/c1-4-16-12(15)13(2,3)9-5-6-11(14)10-7-8-10/h10H,4,7-9H2,1-3H3. The number of hydrogen-bond acceptors (Lipinski definition) is 3. The van der Waals surface area contributed by atoms with Gasteiger partial charge in [0.05, 0.1) is 12.0 Å². The average Bonchev–Trinajstić information content (AvgIpc) is 3.00. The van der Waals surface area contributed by atoms with Crippen LogP contribution >= 0.6 is 0 Å². The van der Waals surface area contributed by atoms with Gasteiger partial charge in [0, 0.05) is 12.3 Å². The minimum absolute atomic E-state index is 0.0136. The summed E-state index contributed by atoms with van der Waals surface area (Å²) in [5.74, 6) is 5.30. The summed E-state index contributed by atoms with van der Waals surface area (Å²) < 4.78 is 4.93. The fraction of sp³-hybridized carbons (Fsp3) is 0.692. The van der Waals surface area contributed by atoms with Crippen LogP contribution in [0.1, 0.15) is 40.0 Å². The fourth-order valence-electron chi connectivity index (χ4n) is 1.20. The Labute approximate surface area is 96.5 Å². The van der Waals surface area contributed by atoms with E-state index in [9.17, 15) is 9.59 Å². The molecule has 1 saturated carbocycles. The minimum atomic E-state index is -0.632. The molecule has 0 atom stereocenters. The van der Waals surface area contributed by atoms with Crippen molar-refractivity contribution < 1.29 is 14.3 Å². The van der Waals surface area contributed by atoms with Crippen molar-refractivity contribution in [2.75, 3.05) is 6.61 Å². The summed E-state index contributed by atoms with van der Waals surface area (Å²) in [5, 5.41) is 0. The maximum atomic E-state index is 11.5. The molecule has 0 aliphatic heterocycles. The Kier molecular flexibility index (Phi) is 4.12. The zero-order valence-electron chi connectivity index (χ0n) is 10.1. The quantitative estimate of drug-likeness (QED) is 0.415. The maximum Gasteiger partial charge on any atom is 0.312 e. The molecule has 0 aromatic rings. The van der Waals surface area contributed by atoms with Crippen LogP contribution in [-0.2, 0) is 14.3 Å². The van der Waals surface area contributed by atoms with Crippen LogP contribution in [0.25, 0.3) is 0 Å². The van der Waals surface area contributed by atoms with E-state index in [-0.39, 0.29) is 17.7 Å². The lowest BCUT2D eigenvalue weighted by atomic mass is 9.90. The molecular weight excluding hydrogens is 204 g/mol. The molecular formula is C13H18O3. The van der Waals surface area contributed by atoms with Gasteiger partial charge >= 0.3 is 5.97 Å². The second-order valence-electron chi connectivity index (χ2n) is 4.72. The Morgan fingerprint density at radius 3 is 2.50 bits per heavy atom. The van der Waals surface area contributed by atoms with Crippen molar-refractivity contribution in [3.8, 4) is 11.8 Å². The van der Waals surface area contributed by atoms with E-state index in [1.54, 1.807) is 20.8 Å². The highest BCUT2D eigenvalue weighted by Crippen LogP contribution is 2.29. The fourth-order valence-corrected chi connectivity index (χ4v) is 1.20. The summed E-state index contributed by atoms with van der Waals surface area (Å²) in [4.78, 5) is 22.8. The van der Waals surface area contributed by atoms with Crippen molar-refractivity contribution in [3.05, 3.63) is 0 Å². The lowest BCUT2D eigenvalue weighted by Crippen LogP contribution is -2.26. The molecule has 0 aromatic carbocycles. The summed E-state index contributed by atoms with van der Waals surface area (Å²) in [6.45, 7) is 5.70. The van der Waals surface area contributed by atoms with E-state index in [0.29, 0.717) is 13.0 Å². The molecule has 0 spiro atoms. The lowest BCUT2D eigenvalue weighted by molar-refractivity contribution is -0.153. The monoisotopic (exact) mass is 222 g/mol. The number of rotatable bonds is 4. The summed E-state index contributed by atoms with van der Waals surface area (Å²) in [6.07, 6.45) is 2.30. The van der Waals surface area contributed by atoms with E-state index in [0.717, 1.165) is 12.8 Å². The van der Waals surface area contributed by atoms with Gasteiger partial charge in [-0.05, 0) is 39.5 Å². The van der Waals surface area contributed by atoms with Gasteiger partial charge in [-0.3, -0.25) is 9.59 Å². The zero-order chi connectivity index (χ0) is 12.2. The number of carbonyl (C=O) groups is 2. The third kappa shape index (κ3) is 3.69. The predicted molar refractivity (Wildman–Crippen MR) is 60.5 cm³/mol. The molecule has 0 aromatic heterocycles. The van der Waals surface area contributed by atoms with Crippen molar-refractivity contribution >= 4 is 11.8 Å². The molecule has 0 amide bonds. The Hall–Kier alpha value is -1.30. The topological polar surface area (TPSA) is 43.4 Å². The normalized spacial score (nSPS) is 14.9. The van der Waals surface area contributed by atoms with Crippen LogP contribution in [0.3, 0.4) is 0 Å². The van der Waals surface area contributed by atoms with Crippen molar-refractivity contribution in [2.24, 2.45) is 11.3 Å². The molecule has 0 unspecified atom stereocenters. The molecule has 1 aliphatic carbocycles. The van der Waals surface area contributed by atoms with Crippen LogP contribution in [0.4, 0.5) is 0 Å². The number of hydrogen-bond donors (Lipinski definition) is 0. The number of Topliss-reactive ketones (excluding diaryl/α,β-unsaturated/α-hetero) is 1. The van der Waals surface area contributed by atoms with E-state index < -0.39 is 5.41 Å². The van der Waals surface area contributed by atoms with Gasteiger partial charge in [-0.25, -0.2) is 0 Å². The first-order valence-corrected chi connectivity index (χ1v) is 5.67. The van der Waals surface area contributed by atoms with Crippen LogP contribution < -0.4 is 0 Å². The van der Waals surface area contributed by atoms with Crippen LogP contribution in [0.5, 0.6) is 0 Å². The molecule has 1 fully saturated rings. The van der Waals surface area contributed by atoms with E-state index in [4.69, 9.17) is 4.74 Å². The molecule has 16 heavy (non-hydrogen) atoms. The molecule has 1 rings (SSSR count). The Bertz CT molecular complexity index is 340. The third-order valence-corrected chi connectivity index (χ3v) is 2.52. The van der Waals surface area contributed by atoms with Crippen molar-refractivity contribution in [1.82, 2.24) is 0 Å². The molecule has 0 saturated heterocycles. The van der Waals surface area contributed by atoms with E-state index >= 15 is 0 Å². The average molecular weight is 222 g/mol. The van der Waals surface area contributed by atoms with Crippen LogP contribution in [-0.4, -0.2) is 18.4 Å². The highest BCUT2D eigenvalue weighted by atomic mass is 16.5. The van der Waals surface area contributed by atoms with E-state index in [1.165, 1.54) is 0 Å². The second kappa shape index (κ2) is 5.16. The number of ketones is 1. The molecule has 0 bridgehead atoms. The third-order valence-electron chi connectivity index (χ3n) is 2.52. The summed E-state index contributed by atoms with van der Waals surface area (Å²) in [5.41, 5.74) is -0.632. The van der Waals surface area contributed by atoms with Gasteiger partial charge in [-0.15, -0.1) is 0 Å². The second-order valence-corrected chi connectivity index (χ2v) is 4.72. The van der Waals surface area contributed by atoms with E-state index in [1.807, 2.05) is 0 Å². The first kappa shape index (κ1) is 12.8. The predicted octanol–water partition coefficient (Wildman–Crippen LogP) is 1.95. The largest absolute Gasteiger partial charge is 0.466 e.